The molecule has 1 saturated heterocycles. The van der Waals surface area contributed by atoms with Crippen molar-refractivity contribution >= 4 is 22.3 Å². The second kappa shape index (κ2) is 10.0. The highest BCUT2D eigenvalue weighted by molar-refractivity contribution is 7.18. The summed E-state index contributed by atoms with van der Waals surface area (Å²) in [5.74, 6) is 0.794. The van der Waals surface area contributed by atoms with E-state index in [4.69, 9.17) is 4.74 Å². The van der Waals surface area contributed by atoms with E-state index in [-0.39, 0.29) is 6.10 Å². The topological polar surface area (TPSA) is 79.3 Å². The second-order valence-corrected chi connectivity index (χ2v) is 11.7. The number of thiazole rings is 1. The molecule has 8 nitrogen and oxygen atoms in total. The molecule has 9 heteroatoms. The fraction of sp³-hybridized carbons (Fsp3) is 0.556. The van der Waals surface area contributed by atoms with Crippen molar-refractivity contribution in [2.24, 2.45) is 5.41 Å². The monoisotopic (exact) mass is 505 g/mol. The summed E-state index contributed by atoms with van der Waals surface area (Å²) < 4.78 is 6.15. The smallest absolute Gasteiger partial charge is 0.317 e. The third-order valence-electron chi connectivity index (χ3n) is 8.20. The molecule has 36 heavy (non-hydrogen) atoms. The number of aromatic nitrogens is 4. The fourth-order valence-corrected chi connectivity index (χ4v) is 6.18. The van der Waals surface area contributed by atoms with E-state index in [1.165, 1.54) is 31.2 Å². The van der Waals surface area contributed by atoms with Gasteiger partial charge in [0.15, 0.2) is 5.13 Å². The maximum Gasteiger partial charge on any atom is 0.317 e. The lowest BCUT2D eigenvalue weighted by molar-refractivity contribution is 0.114. The van der Waals surface area contributed by atoms with Crippen molar-refractivity contribution in [1.82, 2.24) is 29.7 Å². The number of nitrogens with zero attached hydrogens (tertiary/aromatic N) is 6. The minimum atomic E-state index is 0.234. The number of piperazine rings is 1. The predicted octanol–water partition coefficient (Wildman–Crippen LogP) is 5.15. The highest BCUT2D eigenvalue weighted by Crippen LogP contribution is 2.56. The van der Waals surface area contributed by atoms with Crippen LogP contribution in [0.4, 0.5) is 10.9 Å². The summed E-state index contributed by atoms with van der Waals surface area (Å²) in [5, 5.41) is 4.13. The van der Waals surface area contributed by atoms with E-state index in [0.717, 1.165) is 60.5 Å². The van der Waals surface area contributed by atoms with Crippen molar-refractivity contribution in [1.29, 1.82) is 0 Å². The fourth-order valence-electron chi connectivity index (χ4n) is 5.39. The van der Waals surface area contributed by atoms with E-state index in [0.29, 0.717) is 17.5 Å². The molecule has 0 radical (unpaired) electrons. The first-order valence-corrected chi connectivity index (χ1v) is 14.0. The van der Waals surface area contributed by atoms with Crippen LogP contribution < -0.4 is 10.1 Å². The third kappa shape index (κ3) is 5.38. The third-order valence-corrected chi connectivity index (χ3v) is 9.14. The first-order valence-electron chi connectivity index (χ1n) is 13.2. The molecule has 3 aromatic heterocycles. The quantitative estimate of drug-likeness (QED) is 0.472. The number of likely N-dealkylation sites (N-methyl/N-ethyl adjacent to an activating group) is 1. The standard InChI is InChI=1S/C27H35N7OS/c1-19(34-15-13-33(2)14-16-34)20-3-4-24(29-17-20)32-26-30-18-23(36-26)22-7-12-28-25(31-22)35-21-5-8-27(9-6-21)10-11-27/h3-4,7,12,17-19,21H,5-6,8-11,13-16H2,1-2H3,(H,29,30,32)/t19-/m1/s1. The molecule has 0 amide bonds. The molecule has 1 atom stereocenters. The molecule has 0 unspecified atom stereocenters. The van der Waals surface area contributed by atoms with Gasteiger partial charge in [-0.3, -0.25) is 4.90 Å². The van der Waals surface area contributed by atoms with Gasteiger partial charge in [-0.05, 0) is 75.6 Å². The van der Waals surface area contributed by atoms with Crippen LogP contribution in [0.25, 0.3) is 10.6 Å². The Hall–Kier alpha value is -2.62. The van der Waals surface area contributed by atoms with Gasteiger partial charge in [0.2, 0.25) is 0 Å². The Morgan fingerprint density at radius 3 is 2.53 bits per heavy atom. The summed E-state index contributed by atoms with van der Waals surface area (Å²) in [6.45, 7) is 6.68. The molecule has 2 saturated carbocycles. The average Bonchev–Trinajstić information content (AvgIpc) is 3.50. The van der Waals surface area contributed by atoms with Crippen molar-refractivity contribution in [3.63, 3.8) is 0 Å². The normalized spacial score (nSPS) is 21.4. The highest BCUT2D eigenvalue weighted by Gasteiger charge is 2.45. The Bertz CT molecular complexity index is 1160. The Morgan fingerprint density at radius 2 is 1.81 bits per heavy atom. The van der Waals surface area contributed by atoms with Crippen molar-refractivity contribution in [2.75, 3.05) is 38.5 Å². The lowest BCUT2D eigenvalue weighted by atomic mass is 9.85. The average molecular weight is 506 g/mol. The zero-order valence-corrected chi connectivity index (χ0v) is 22.0. The van der Waals surface area contributed by atoms with Crippen LogP contribution in [0.2, 0.25) is 0 Å². The van der Waals surface area contributed by atoms with Crippen LogP contribution >= 0.6 is 11.3 Å². The molecule has 1 N–H and O–H groups in total. The summed E-state index contributed by atoms with van der Waals surface area (Å²) in [6, 6.07) is 6.95. The zero-order valence-electron chi connectivity index (χ0n) is 21.2. The number of anilines is 2. The lowest BCUT2D eigenvalue weighted by Crippen LogP contribution is -2.45. The Kier molecular flexibility index (Phi) is 6.62. The van der Waals surface area contributed by atoms with E-state index in [9.17, 15) is 0 Å². The van der Waals surface area contributed by atoms with Gasteiger partial charge in [-0.25, -0.2) is 15.0 Å². The van der Waals surface area contributed by atoms with Crippen LogP contribution in [-0.4, -0.2) is 69.1 Å². The largest absolute Gasteiger partial charge is 0.460 e. The van der Waals surface area contributed by atoms with Gasteiger partial charge in [0, 0.05) is 50.8 Å². The molecule has 3 aliphatic rings. The molecular weight excluding hydrogens is 470 g/mol. The van der Waals surface area contributed by atoms with E-state index in [1.807, 2.05) is 24.5 Å². The van der Waals surface area contributed by atoms with Crippen LogP contribution in [0.3, 0.4) is 0 Å². The molecule has 0 bridgehead atoms. The number of ether oxygens (including phenoxy) is 1. The number of hydrogen-bond donors (Lipinski definition) is 1. The molecule has 6 rings (SSSR count). The van der Waals surface area contributed by atoms with Crippen LogP contribution in [-0.2, 0) is 0 Å². The van der Waals surface area contributed by atoms with E-state index < -0.39 is 0 Å². The van der Waals surface area contributed by atoms with Gasteiger partial charge in [-0.2, -0.15) is 4.98 Å². The second-order valence-electron chi connectivity index (χ2n) is 10.7. The Labute approximate surface area is 217 Å². The minimum absolute atomic E-state index is 0.234. The summed E-state index contributed by atoms with van der Waals surface area (Å²) in [6.07, 6.45) is 13.4. The van der Waals surface area contributed by atoms with Gasteiger partial charge in [0.1, 0.15) is 11.9 Å². The number of nitrogens with one attached hydrogen (secondary N) is 1. The van der Waals surface area contributed by atoms with Crippen molar-refractivity contribution in [2.45, 2.75) is 57.6 Å². The van der Waals surface area contributed by atoms with Crippen LogP contribution in [0.15, 0.2) is 36.8 Å². The van der Waals surface area contributed by atoms with Gasteiger partial charge in [0.25, 0.3) is 0 Å². The first kappa shape index (κ1) is 23.8. The molecule has 3 aromatic rings. The van der Waals surface area contributed by atoms with Gasteiger partial charge in [-0.15, -0.1) is 0 Å². The van der Waals surface area contributed by atoms with Gasteiger partial charge in [-0.1, -0.05) is 17.4 Å². The summed E-state index contributed by atoms with van der Waals surface area (Å²) in [7, 11) is 2.19. The summed E-state index contributed by atoms with van der Waals surface area (Å²) in [5.41, 5.74) is 2.74. The van der Waals surface area contributed by atoms with Gasteiger partial charge in [0.05, 0.1) is 10.6 Å². The molecular formula is C27H35N7OS. The minimum Gasteiger partial charge on any atom is -0.460 e. The summed E-state index contributed by atoms with van der Waals surface area (Å²) in [4.78, 5) is 24.1. The van der Waals surface area contributed by atoms with Crippen LogP contribution in [0, 0.1) is 5.41 Å². The van der Waals surface area contributed by atoms with Crippen molar-refractivity contribution < 1.29 is 4.74 Å². The van der Waals surface area contributed by atoms with Crippen LogP contribution in [0.1, 0.15) is 57.1 Å². The van der Waals surface area contributed by atoms with Crippen molar-refractivity contribution in [3.8, 4) is 16.6 Å². The molecule has 1 spiro atoms. The van der Waals surface area contributed by atoms with E-state index in [2.05, 4.69) is 55.1 Å². The van der Waals surface area contributed by atoms with Crippen molar-refractivity contribution in [3.05, 3.63) is 42.4 Å². The number of pyridine rings is 1. The molecule has 4 heterocycles. The lowest BCUT2D eigenvalue weighted by Gasteiger charge is -2.36. The Morgan fingerprint density at radius 1 is 1.00 bits per heavy atom. The van der Waals surface area contributed by atoms with Gasteiger partial charge >= 0.3 is 6.01 Å². The van der Waals surface area contributed by atoms with E-state index >= 15 is 0 Å². The first-order chi connectivity index (χ1) is 17.6. The summed E-state index contributed by atoms with van der Waals surface area (Å²) >= 11 is 1.56. The maximum atomic E-state index is 6.15. The number of hydrogen-bond acceptors (Lipinski definition) is 9. The van der Waals surface area contributed by atoms with Crippen LogP contribution in [0.5, 0.6) is 6.01 Å². The van der Waals surface area contributed by atoms with Gasteiger partial charge < -0.3 is 15.0 Å². The highest BCUT2D eigenvalue weighted by atomic mass is 32.1. The predicted molar refractivity (Wildman–Crippen MR) is 143 cm³/mol. The Balaban J connectivity index is 1.06. The molecule has 190 valence electrons. The zero-order chi connectivity index (χ0) is 24.5. The van der Waals surface area contributed by atoms with E-state index in [1.54, 1.807) is 17.5 Å². The molecule has 0 aromatic carbocycles. The number of rotatable bonds is 7. The molecule has 2 aliphatic carbocycles. The SMILES string of the molecule is C[C@H](c1ccc(Nc2ncc(-c3ccnc(OC4CCC5(CC4)CC5)n3)s2)nc1)N1CCN(C)CC1. The molecule has 1 aliphatic heterocycles. The maximum absolute atomic E-state index is 6.15. The molecule has 3 fully saturated rings.